The summed E-state index contributed by atoms with van der Waals surface area (Å²) < 4.78 is 6.12. The molecule has 0 amide bonds. The lowest BCUT2D eigenvalue weighted by Crippen LogP contribution is -2.49. The zero-order valence-corrected chi connectivity index (χ0v) is 17.9. The summed E-state index contributed by atoms with van der Waals surface area (Å²) in [6.45, 7) is 7.65. The molecule has 1 aromatic rings. The average Bonchev–Trinajstić information content (AvgIpc) is 2.73. The summed E-state index contributed by atoms with van der Waals surface area (Å²) in [6.07, 6.45) is 9.10. The molecule has 28 heavy (non-hydrogen) atoms. The second-order valence-corrected chi connectivity index (χ2v) is 8.50. The van der Waals surface area contributed by atoms with Crippen molar-refractivity contribution >= 4 is 5.96 Å². The third kappa shape index (κ3) is 6.40. The molecule has 1 saturated carbocycles. The lowest BCUT2D eigenvalue weighted by molar-refractivity contribution is 0.155. The summed E-state index contributed by atoms with van der Waals surface area (Å²) in [4.78, 5) is 6.95. The molecule has 3 rings (SSSR count). The second kappa shape index (κ2) is 10.7. The number of ether oxygens (including phenoxy) is 1. The van der Waals surface area contributed by atoms with Crippen molar-refractivity contribution < 1.29 is 4.74 Å². The number of rotatable bonds is 6. The van der Waals surface area contributed by atoms with Crippen molar-refractivity contribution in [2.45, 2.75) is 83.5 Å². The lowest BCUT2D eigenvalue weighted by atomic mass is 9.98. The van der Waals surface area contributed by atoms with Crippen molar-refractivity contribution in [3.05, 3.63) is 29.8 Å². The van der Waals surface area contributed by atoms with Crippen molar-refractivity contribution in [3.63, 3.8) is 0 Å². The molecule has 0 atom stereocenters. The minimum atomic E-state index is 0.405. The van der Waals surface area contributed by atoms with E-state index in [4.69, 9.17) is 4.74 Å². The molecule has 2 aliphatic rings. The number of hydrogen-bond donors (Lipinski definition) is 2. The molecule has 0 spiro atoms. The summed E-state index contributed by atoms with van der Waals surface area (Å²) in [5, 5.41) is 7.04. The van der Waals surface area contributed by atoms with Crippen LogP contribution in [-0.2, 0) is 6.54 Å². The van der Waals surface area contributed by atoms with Gasteiger partial charge in [0.2, 0.25) is 0 Å². The van der Waals surface area contributed by atoms with Gasteiger partial charge in [-0.25, -0.2) is 0 Å². The normalized spacial score (nSPS) is 20.4. The topological polar surface area (TPSA) is 48.9 Å². The first-order valence-corrected chi connectivity index (χ1v) is 11.1. The number of likely N-dealkylation sites (tertiary alicyclic amines) is 1. The summed E-state index contributed by atoms with van der Waals surface area (Å²) >= 11 is 0. The third-order valence-corrected chi connectivity index (χ3v) is 6.06. The molecule has 1 heterocycles. The van der Waals surface area contributed by atoms with Gasteiger partial charge in [0.05, 0.1) is 6.10 Å². The first kappa shape index (κ1) is 21.0. The third-order valence-electron chi connectivity index (χ3n) is 6.06. The van der Waals surface area contributed by atoms with E-state index in [0.717, 1.165) is 31.3 Å². The molecule has 1 aromatic carbocycles. The molecule has 2 fully saturated rings. The smallest absolute Gasteiger partial charge is 0.191 e. The molecule has 2 N–H and O–H groups in total. The minimum Gasteiger partial charge on any atom is -0.490 e. The molecule has 5 heteroatoms. The van der Waals surface area contributed by atoms with Gasteiger partial charge < -0.3 is 20.3 Å². The van der Waals surface area contributed by atoms with E-state index in [-0.39, 0.29) is 0 Å². The highest BCUT2D eigenvalue weighted by Crippen LogP contribution is 2.23. The second-order valence-electron chi connectivity index (χ2n) is 8.50. The minimum absolute atomic E-state index is 0.405. The quantitative estimate of drug-likeness (QED) is 0.574. The van der Waals surface area contributed by atoms with Crippen molar-refractivity contribution in [3.8, 4) is 5.75 Å². The number of piperidine rings is 1. The number of nitrogens with zero attached hydrogens (tertiary/aromatic N) is 2. The van der Waals surface area contributed by atoms with Gasteiger partial charge in [-0.15, -0.1) is 0 Å². The standard InChI is InChI=1S/C23H38N4O/c1-18(2)27-15-13-20(14-16-27)26-23(24-3)25-17-19-9-11-22(12-10-19)28-21-7-5-4-6-8-21/h9-12,18,20-21H,4-8,13-17H2,1-3H3,(H2,24,25,26). The lowest BCUT2D eigenvalue weighted by Gasteiger charge is -2.35. The highest BCUT2D eigenvalue weighted by molar-refractivity contribution is 5.79. The molecule has 0 aromatic heterocycles. The van der Waals surface area contributed by atoms with E-state index in [1.807, 2.05) is 7.05 Å². The Hall–Kier alpha value is -1.75. The molecular formula is C23H38N4O. The summed E-state index contributed by atoms with van der Waals surface area (Å²) in [6, 6.07) is 9.65. The van der Waals surface area contributed by atoms with E-state index >= 15 is 0 Å². The largest absolute Gasteiger partial charge is 0.490 e. The fourth-order valence-corrected chi connectivity index (χ4v) is 4.20. The highest BCUT2D eigenvalue weighted by atomic mass is 16.5. The van der Waals surface area contributed by atoms with Crippen molar-refractivity contribution in [2.24, 2.45) is 4.99 Å². The van der Waals surface area contributed by atoms with Crippen LogP contribution >= 0.6 is 0 Å². The predicted octanol–water partition coefficient (Wildman–Crippen LogP) is 3.94. The highest BCUT2D eigenvalue weighted by Gasteiger charge is 2.21. The van der Waals surface area contributed by atoms with E-state index < -0.39 is 0 Å². The maximum Gasteiger partial charge on any atom is 0.191 e. The monoisotopic (exact) mass is 386 g/mol. The van der Waals surface area contributed by atoms with Crippen LogP contribution in [0, 0.1) is 0 Å². The van der Waals surface area contributed by atoms with Crippen molar-refractivity contribution in [1.82, 2.24) is 15.5 Å². The number of benzene rings is 1. The van der Waals surface area contributed by atoms with Gasteiger partial charge in [-0.1, -0.05) is 18.6 Å². The SMILES string of the molecule is CN=C(NCc1ccc(OC2CCCCC2)cc1)NC1CCN(C(C)C)CC1. The summed E-state index contributed by atoms with van der Waals surface area (Å²) in [5.74, 6) is 1.89. The first-order chi connectivity index (χ1) is 13.6. The summed E-state index contributed by atoms with van der Waals surface area (Å²) in [5.41, 5.74) is 1.24. The molecule has 1 aliphatic carbocycles. The molecule has 0 bridgehead atoms. The maximum atomic E-state index is 6.12. The van der Waals surface area contributed by atoms with Gasteiger partial charge in [0.25, 0.3) is 0 Å². The van der Waals surface area contributed by atoms with E-state index in [9.17, 15) is 0 Å². The van der Waals surface area contributed by atoms with Crippen LogP contribution in [0.25, 0.3) is 0 Å². The Morgan fingerprint density at radius 2 is 1.75 bits per heavy atom. The van der Waals surface area contributed by atoms with Crippen LogP contribution in [0.4, 0.5) is 0 Å². The Morgan fingerprint density at radius 1 is 1.07 bits per heavy atom. The van der Waals surface area contributed by atoms with Crippen LogP contribution in [0.2, 0.25) is 0 Å². The van der Waals surface area contributed by atoms with E-state index in [0.29, 0.717) is 18.2 Å². The van der Waals surface area contributed by atoms with Gasteiger partial charge in [0.15, 0.2) is 5.96 Å². The molecule has 5 nitrogen and oxygen atoms in total. The van der Waals surface area contributed by atoms with Gasteiger partial charge in [0.1, 0.15) is 5.75 Å². The van der Waals surface area contributed by atoms with Crippen LogP contribution in [0.15, 0.2) is 29.3 Å². The van der Waals surface area contributed by atoms with E-state index in [1.54, 1.807) is 0 Å². The van der Waals surface area contributed by atoms with Gasteiger partial charge in [-0.3, -0.25) is 4.99 Å². The first-order valence-electron chi connectivity index (χ1n) is 11.1. The Morgan fingerprint density at radius 3 is 2.36 bits per heavy atom. The molecular weight excluding hydrogens is 348 g/mol. The average molecular weight is 387 g/mol. The molecule has 156 valence electrons. The maximum absolute atomic E-state index is 6.12. The van der Waals surface area contributed by atoms with Gasteiger partial charge in [0, 0.05) is 38.8 Å². The van der Waals surface area contributed by atoms with Crippen LogP contribution < -0.4 is 15.4 Å². The van der Waals surface area contributed by atoms with Crippen LogP contribution in [0.1, 0.15) is 64.4 Å². The zero-order valence-electron chi connectivity index (χ0n) is 17.9. The zero-order chi connectivity index (χ0) is 19.8. The van der Waals surface area contributed by atoms with Crippen molar-refractivity contribution in [2.75, 3.05) is 20.1 Å². The molecule has 1 aliphatic heterocycles. The molecule has 1 saturated heterocycles. The Kier molecular flexibility index (Phi) is 8.01. The number of aliphatic imine (C=N–C) groups is 1. The van der Waals surface area contributed by atoms with Crippen LogP contribution in [0.5, 0.6) is 5.75 Å². The van der Waals surface area contributed by atoms with Crippen LogP contribution in [0.3, 0.4) is 0 Å². The Balaban J connectivity index is 1.41. The molecule has 0 unspecified atom stereocenters. The Bertz CT molecular complexity index is 600. The van der Waals surface area contributed by atoms with Gasteiger partial charge in [-0.05, 0) is 70.1 Å². The number of guanidine groups is 1. The van der Waals surface area contributed by atoms with E-state index in [2.05, 4.69) is 58.6 Å². The van der Waals surface area contributed by atoms with Gasteiger partial charge >= 0.3 is 0 Å². The molecule has 0 radical (unpaired) electrons. The van der Waals surface area contributed by atoms with Crippen LogP contribution in [-0.4, -0.2) is 49.2 Å². The summed E-state index contributed by atoms with van der Waals surface area (Å²) in [7, 11) is 1.85. The number of hydrogen-bond acceptors (Lipinski definition) is 3. The fraction of sp³-hybridized carbons (Fsp3) is 0.696. The Labute approximate surface area is 170 Å². The fourth-order valence-electron chi connectivity index (χ4n) is 4.20. The number of nitrogens with one attached hydrogen (secondary N) is 2. The predicted molar refractivity (Wildman–Crippen MR) is 117 cm³/mol. The van der Waals surface area contributed by atoms with Crippen molar-refractivity contribution in [1.29, 1.82) is 0 Å². The van der Waals surface area contributed by atoms with E-state index in [1.165, 1.54) is 50.5 Å². The van der Waals surface area contributed by atoms with Gasteiger partial charge in [-0.2, -0.15) is 0 Å².